The summed E-state index contributed by atoms with van der Waals surface area (Å²) < 4.78 is 15.7. The predicted molar refractivity (Wildman–Crippen MR) is 98.6 cm³/mol. The second-order valence-corrected chi connectivity index (χ2v) is 5.92. The average Bonchev–Trinajstić information content (AvgIpc) is 2.63. The van der Waals surface area contributed by atoms with Gasteiger partial charge in [0.05, 0.1) is 6.61 Å². The molecule has 0 saturated carbocycles. The van der Waals surface area contributed by atoms with Crippen molar-refractivity contribution in [2.24, 2.45) is 0 Å². The highest BCUT2D eigenvalue weighted by atomic mass is 16.5. The summed E-state index contributed by atoms with van der Waals surface area (Å²) in [4.78, 5) is 35.5. The Morgan fingerprint density at radius 3 is 2.74 bits per heavy atom. The smallest absolute Gasteiger partial charge is 0.339 e. The molecule has 0 aliphatic rings. The van der Waals surface area contributed by atoms with Gasteiger partial charge in [-0.2, -0.15) is 0 Å². The van der Waals surface area contributed by atoms with Gasteiger partial charge < -0.3 is 24.3 Å². The molecule has 0 aliphatic carbocycles. The van der Waals surface area contributed by atoms with Crippen LogP contribution in [-0.2, 0) is 16.0 Å². The quantitative estimate of drug-likeness (QED) is 0.388. The standard InChI is InChI=1S/C19H23NO7/c1-4-20-16(22)6-5-12-11(2)13-9-15(26-8-7-25-3)17(23)14(10-21)18(13)27-19(12)24/h9-10,23H,4-8H2,1-3H3,(H,20,22). The number of aromatic hydroxyl groups is 1. The van der Waals surface area contributed by atoms with Gasteiger partial charge in [-0.3, -0.25) is 9.59 Å². The minimum atomic E-state index is -0.639. The molecule has 0 saturated heterocycles. The fourth-order valence-corrected chi connectivity index (χ4v) is 2.78. The van der Waals surface area contributed by atoms with Crippen LogP contribution >= 0.6 is 0 Å². The molecule has 8 nitrogen and oxygen atoms in total. The third kappa shape index (κ3) is 4.46. The molecule has 0 atom stereocenters. The van der Waals surface area contributed by atoms with Crippen molar-refractivity contribution >= 4 is 23.2 Å². The van der Waals surface area contributed by atoms with Crippen molar-refractivity contribution in [1.29, 1.82) is 0 Å². The number of ether oxygens (including phenoxy) is 2. The Balaban J connectivity index is 2.52. The van der Waals surface area contributed by atoms with Crippen molar-refractivity contribution in [3.8, 4) is 11.5 Å². The highest BCUT2D eigenvalue weighted by Crippen LogP contribution is 2.37. The van der Waals surface area contributed by atoms with Crippen LogP contribution < -0.4 is 15.7 Å². The molecule has 2 N–H and O–H groups in total. The Kier molecular flexibility index (Phi) is 6.95. The number of amides is 1. The summed E-state index contributed by atoms with van der Waals surface area (Å²) in [6.07, 6.45) is 0.755. The van der Waals surface area contributed by atoms with Crippen LogP contribution in [0.2, 0.25) is 0 Å². The number of phenols is 1. The Morgan fingerprint density at radius 1 is 1.37 bits per heavy atom. The summed E-state index contributed by atoms with van der Waals surface area (Å²) in [5.41, 5.74) is 0.116. The van der Waals surface area contributed by atoms with Crippen LogP contribution in [0.1, 0.15) is 34.8 Å². The monoisotopic (exact) mass is 377 g/mol. The number of hydrogen-bond donors (Lipinski definition) is 2. The van der Waals surface area contributed by atoms with Gasteiger partial charge in [-0.25, -0.2) is 4.79 Å². The Labute approximate surface area is 156 Å². The van der Waals surface area contributed by atoms with Crippen LogP contribution in [0, 0.1) is 6.92 Å². The number of aldehydes is 1. The number of carbonyl (C=O) groups excluding carboxylic acids is 2. The Hall–Kier alpha value is -2.87. The highest BCUT2D eigenvalue weighted by molar-refractivity contribution is 6.00. The van der Waals surface area contributed by atoms with Crippen LogP contribution in [0.3, 0.4) is 0 Å². The van der Waals surface area contributed by atoms with Crippen LogP contribution in [0.15, 0.2) is 15.3 Å². The molecule has 1 aromatic carbocycles. The predicted octanol–water partition coefficient (Wildman–Crippen LogP) is 1.71. The first kappa shape index (κ1) is 20.4. The molecule has 2 rings (SSSR count). The van der Waals surface area contributed by atoms with Crippen LogP contribution in [0.4, 0.5) is 0 Å². The lowest BCUT2D eigenvalue weighted by atomic mass is 9.99. The third-order valence-corrected chi connectivity index (χ3v) is 4.19. The molecule has 8 heteroatoms. The van der Waals surface area contributed by atoms with Gasteiger partial charge in [0.1, 0.15) is 12.2 Å². The first-order valence-corrected chi connectivity index (χ1v) is 8.60. The maximum atomic E-state index is 12.4. The molecule has 0 aliphatic heterocycles. The van der Waals surface area contributed by atoms with Crippen molar-refractivity contribution in [3.63, 3.8) is 0 Å². The fourth-order valence-electron chi connectivity index (χ4n) is 2.78. The van der Waals surface area contributed by atoms with E-state index in [-0.39, 0.29) is 42.3 Å². The average molecular weight is 377 g/mol. The van der Waals surface area contributed by atoms with Gasteiger partial charge in [0.2, 0.25) is 5.91 Å². The van der Waals surface area contributed by atoms with Gasteiger partial charge in [-0.15, -0.1) is 0 Å². The first-order valence-electron chi connectivity index (χ1n) is 8.60. The lowest BCUT2D eigenvalue weighted by molar-refractivity contribution is -0.120. The van der Waals surface area contributed by atoms with Gasteiger partial charge in [0.15, 0.2) is 23.4 Å². The fraction of sp³-hybridized carbons (Fsp3) is 0.421. The number of hydrogen-bond acceptors (Lipinski definition) is 7. The number of phenolic OH excluding ortho intramolecular Hbond substituents is 1. The van der Waals surface area contributed by atoms with Gasteiger partial charge in [0.25, 0.3) is 0 Å². The van der Waals surface area contributed by atoms with Crippen molar-refractivity contribution in [1.82, 2.24) is 5.32 Å². The minimum absolute atomic E-state index is 0.00847. The number of benzene rings is 1. The molecule has 0 radical (unpaired) electrons. The Bertz CT molecular complexity index is 901. The number of fused-ring (bicyclic) bond motifs is 1. The van der Waals surface area contributed by atoms with E-state index >= 15 is 0 Å². The van der Waals surface area contributed by atoms with Gasteiger partial charge in [0, 0.05) is 31.0 Å². The van der Waals surface area contributed by atoms with Crippen LogP contribution in [0.25, 0.3) is 11.0 Å². The lowest BCUT2D eigenvalue weighted by Crippen LogP contribution is -2.24. The van der Waals surface area contributed by atoms with E-state index in [2.05, 4.69) is 5.32 Å². The van der Waals surface area contributed by atoms with E-state index in [1.54, 1.807) is 6.92 Å². The number of aryl methyl sites for hydroxylation is 1. The van der Waals surface area contributed by atoms with Crippen LogP contribution in [0.5, 0.6) is 11.5 Å². The number of nitrogens with one attached hydrogen (secondary N) is 1. The number of carbonyl (C=O) groups is 2. The lowest BCUT2D eigenvalue weighted by Gasteiger charge is -2.13. The Morgan fingerprint density at radius 2 is 2.11 bits per heavy atom. The summed E-state index contributed by atoms with van der Waals surface area (Å²) in [5, 5.41) is 13.4. The number of methoxy groups -OCH3 is 1. The molecule has 1 amide bonds. The summed E-state index contributed by atoms with van der Waals surface area (Å²) >= 11 is 0. The largest absolute Gasteiger partial charge is 0.504 e. The zero-order chi connectivity index (χ0) is 20.0. The molecule has 0 spiro atoms. The van der Waals surface area contributed by atoms with E-state index in [0.29, 0.717) is 36.0 Å². The number of rotatable bonds is 9. The molecular weight excluding hydrogens is 354 g/mol. The SMILES string of the molecule is CCNC(=O)CCc1c(C)c2cc(OCCOC)c(O)c(C=O)c2oc1=O. The summed E-state index contributed by atoms with van der Waals surface area (Å²) in [6, 6.07) is 1.52. The van der Waals surface area contributed by atoms with Crippen LogP contribution in [-0.4, -0.2) is 44.2 Å². The molecular formula is C19H23NO7. The van der Waals surface area contributed by atoms with E-state index in [1.807, 2.05) is 6.92 Å². The van der Waals surface area contributed by atoms with E-state index < -0.39 is 11.4 Å². The van der Waals surface area contributed by atoms with E-state index in [9.17, 15) is 19.5 Å². The molecule has 146 valence electrons. The molecule has 1 aromatic heterocycles. The highest BCUT2D eigenvalue weighted by Gasteiger charge is 2.20. The maximum absolute atomic E-state index is 12.4. The zero-order valence-electron chi connectivity index (χ0n) is 15.6. The molecule has 0 bridgehead atoms. The molecule has 0 fully saturated rings. The summed E-state index contributed by atoms with van der Waals surface area (Å²) in [7, 11) is 1.51. The van der Waals surface area contributed by atoms with E-state index in [4.69, 9.17) is 13.9 Å². The summed E-state index contributed by atoms with van der Waals surface area (Å²) in [6.45, 7) is 4.50. The normalized spacial score (nSPS) is 10.8. The van der Waals surface area contributed by atoms with Crippen molar-refractivity contribution < 1.29 is 28.6 Å². The van der Waals surface area contributed by atoms with Gasteiger partial charge in [-0.05, 0) is 31.9 Å². The second-order valence-electron chi connectivity index (χ2n) is 5.92. The zero-order valence-corrected chi connectivity index (χ0v) is 15.6. The molecule has 1 heterocycles. The van der Waals surface area contributed by atoms with E-state index in [1.165, 1.54) is 13.2 Å². The minimum Gasteiger partial charge on any atom is -0.504 e. The van der Waals surface area contributed by atoms with Crippen molar-refractivity contribution in [3.05, 3.63) is 33.2 Å². The molecule has 0 unspecified atom stereocenters. The van der Waals surface area contributed by atoms with Gasteiger partial charge >= 0.3 is 5.63 Å². The van der Waals surface area contributed by atoms with Crippen molar-refractivity contribution in [2.45, 2.75) is 26.7 Å². The molecule has 27 heavy (non-hydrogen) atoms. The van der Waals surface area contributed by atoms with E-state index in [0.717, 1.165) is 0 Å². The topological polar surface area (TPSA) is 115 Å². The second kappa shape index (κ2) is 9.18. The first-order chi connectivity index (χ1) is 12.9. The summed E-state index contributed by atoms with van der Waals surface area (Å²) in [5.74, 6) is -0.473. The third-order valence-electron chi connectivity index (χ3n) is 4.19. The van der Waals surface area contributed by atoms with Gasteiger partial charge in [-0.1, -0.05) is 0 Å². The maximum Gasteiger partial charge on any atom is 0.339 e. The van der Waals surface area contributed by atoms with Crippen molar-refractivity contribution in [2.75, 3.05) is 26.9 Å². The molecule has 2 aromatic rings.